The molecule has 3 atom stereocenters. The molecule has 5 nitrogen and oxygen atoms in total. The second-order valence-corrected chi connectivity index (χ2v) is 8.67. The van der Waals surface area contributed by atoms with Crippen LogP contribution in [-0.4, -0.2) is 39.0 Å². The molecular formula is C23H23ClFN5. The van der Waals surface area contributed by atoms with Gasteiger partial charge in [0.05, 0.1) is 5.69 Å². The highest BCUT2D eigenvalue weighted by atomic mass is 35.5. The van der Waals surface area contributed by atoms with Gasteiger partial charge in [-0.1, -0.05) is 17.7 Å². The van der Waals surface area contributed by atoms with E-state index in [1.807, 2.05) is 18.3 Å². The molecular weight excluding hydrogens is 401 g/mol. The molecule has 3 heterocycles. The number of nitrogens with zero attached hydrogens (tertiary/aromatic N) is 4. The van der Waals surface area contributed by atoms with Crippen LogP contribution < -0.4 is 5.32 Å². The molecule has 5 rings (SSSR count). The van der Waals surface area contributed by atoms with Crippen LogP contribution in [0.2, 0.25) is 5.02 Å². The van der Waals surface area contributed by atoms with Crippen molar-refractivity contribution in [3.63, 3.8) is 0 Å². The average molecular weight is 424 g/mol. The van der Waals surface area contributed by atoms with Crippen LogP contribution in [0.4, 0.5) is 10.3 Å². The Morgan fingerprint density at radius 1 is 1.03 bits per heavy atom. The van der Waals surface area contributed by atoms with E-state index in [9.17, 15) is 4.39 Å². The van der Waals surface area contributed by atoms with E-state index in [0.29, 0.717) is 40.0 Å². The molecule has 1 aliphatic carbocycles. The monoisotopic (exact) mass is 423 g/mol. The number of pyridine rings is 1. The number of aromatic nitrogens is 3. The van der Waals surface area contributed by atoms with E-state index < -0.39 is 0 Å². The molecule has 154 valence electrons. The smallest absolute Gasteiger partial charge is 0.222 e. The average Bonchev–Trinajstić information content (AvgIpc) is 3.29. The first-order valence-corrected chi connectivity index (χ1v) is 10.7. The summed E-state index contributed by atoms with van der Waals surface area (Å²) in [6.07, 6.45) is 7.51. The molecule has 2 aromatic heterocycles. The number of fused-ring (bicyclic) bond motifs is 1. The molecule has 3 aromatic rings. The van der Waals surface area contributed by atoms with Gasteiger partial charge in [-0.3, -0.25) is 9.88 Å². The first kappa shape index (κ1) is 19.4. The van der Waals surface area contributed by atoms with E-state index in [2.05, 4.69) is 31.2 Å². The summed E-state index contributed by atoms with van der Waals surface area (Å²) < 4.78 is 13.5. The molecule has 7 heteroatoms. The normalized spacial score (nSPS) is 23.5. The van der Waals surface area contributed by atoms with Gasteiger partial charge in [-0.15, -0.1) is 0 Å². The number of anilines is 1. The third kappa shape index (κ3) is 4.16. The van der Waals surface area contributed by atoms with Crippen LogP contribution in [0.5, 0.6) is 0 Å². The SMILES string of the molecule is Fc1ccc(Cl)c(-c2cnc(N[C@H]3C[C@@H]4CN(Cc5ccccn5)C[C@@H]4C3)nc2)c1. The minimum Gasteiger partial charge on any atom is -0.351 e. The Morgan fingerprint density at radius 2 is 1.80 bits per heavy atom. The van der Waals surface area contributed by atoms with E-state index in [1.54, 1.807) is 18.5 Å². The lowest BCUT2D eigenvalue weighted by molar-refractivity contribution is 0.297. The first-order chi connectivity index (χ1) is 14.6. The van der Waals surface area contributed by atoms with E-state index in [1.165, 1.54) is 12.1 Å². The fourth-order valence-corrected chi connectivity index (χ4v) is 5.03. The van der Waals surface area contributed by atoms with Crippen molar-refractivity contribution in [3.05, 3.63) is 71.5 Å². The maximum Gasteiger partial charge on any atom is 0.222 e. The van der Waals surface area contributed by atoms with Crippen molar-refractivity contribution in [1.29, 1.82) is 0 Å². The van der Waals surface area contributed by atoms with Gasteiger partial charge in [-0.2, -0.15) is 0 Å². The van der Waals surface area contributed by atoms with E-state index in [4.69, 9.17) is 11.6 Å². The fraction of sp³-hybridized carbons (Fsp3) is 0.348. The molecule has 1 aromatic carbocycles. The van der Waals surface area contributed by atoms with E-state index in [0.717, 1.165) is 38.2 Å². The minimum atomic E-state index is -0.328. The molecule has 1 N–H and O–H groups in total. The van der Waals surface area contributed by atoms with Crippen molar-refractivity contribution in [2.75, 3.05) is 18.4 Å². The summed E-state index contributed by atoms with van der Waals surface area (Å²) in [6, 6.07) is 10.8. The Bertz CT molecular complexity index is 1000. The summed E-state index contributed by atoms with van der Waals surface area (Å²) in [5.41, 5.74) is 2.45. The summed E-state index contributed by atoms with van der Waals surface area (Å²) in [5, 5.41) is 3.96. The summed E-state index contributed by atoms with van der Waals surface area (Å²) >= 11 is 6.18. The van der Waals surface area contributed by atoms with Crippen molar-refractivity contribution >= 4 is 17.5 Å². The second-order valence-electron chi connectivity index (χ2n) is 8.27. The topological polar surface area (TPSA) is 53.9 Å². The molecule has 0 bridgehead atoms. The molecule has 2 aliphatic rings. The Morgan fingerprint density at radius 3 is 2.50 bits per heavy atom. The summed E-state index contributed by atoms with van der Waals surface area (Å²) in [7, 11) is 0. The van der Waals surface area contributed by atoms with Crippen LogP contribution >= 0.6 is 11.6 Å². The van der Waals surface area contributed by atoms with Crippen LogP contribution in [0.1, 0.15) is 18.5 Å². The van der Waals surface area contributed by atoms with E-state index in [-0.39, 0.29) is 5.82 Å². The van der Waals surface area contributed by atoms with Gasteiger partial charge in [0.25, 0.3) is 0 Å². The highest BCUT2D eigenvalue weighted by Gasteiger charge is 2.40. The number of halogens is 2. The largest absolute Gasteiger partial charge is 0.351 e. The van der Waals surface area contributed by atoms with Crippen molar-refractivity contribution in [1.82, 2.24) is 19.9 Å². The quantitative estimate of drug-likeness (QED) is 0.647. The van der Waals surface area contributed by atoms with Crippen LogP contribution in [-0.2, 0) is 6.54 Å². The van der Waals surface area contributed by atoms with Gasteiger partial charge in [-0.25, -0.2) is 14.4 Å². The maximum atomic E-state index is 13.5. The van der Waals surface area contributed by atoms with Gasteiger partial charge in [0.2, 0.25) is 5.95 Å². The van der Waals surface area contributed by atoms with Gasteiger partial charge < -0.3 is 5.32 Å². The number of likely N-dealkylation sites (tertiary alicyclic amines) is 1. The van der Waals surface area contributed by atoms with Gasteiger partial charge >= 0.3 is 0 Å². The predicted molar refractivity (Wildman–Crippen MR) is 116 cm³/mol. The molecule has 0 radical (unpaired) electrons. The molecule has 0 spiro atoms. The molecule has 0 amide bonds. The number of benzene rings is 1. The number of hydrogen-bond acceptors (Lipinski definition) is 5. The highest BCUT2D eigenvalue weighted by Crippen LogP contribution is 2.39. The molecule has 1 saturated carbocycles. The third-order valence-electron chi connectivity index (χ3n) is 6.16. The maximum absolute atomic E-state index is 13.5. The Kier molecular flexibility index (Phi) is 5.35. The van der Waals surface area contributed by atoms with Crippen LogP contribution in [0, 0.1) is 17.7 Å². The summed E-state index contributed by atoms with van der Waals surface area (Å²) in [5.74, 6) is 1.70. The molecule has 1 aliphatic heterocycles. The van der Waals surface area contributed by atoms with Crippen molar-refractivity contribution in [2.24, 2.45) is 11.8 Å². The molecule has 30 heavy (non-hydrogen) atoms. The van der Waals surface area contributed by atoms with E-state index >= 15 is 0 Å². The zero-order valence-corrected chi connectivity index (χ0v) is 17.3. The Hall–Kier alpha value is -2.57. The third-order valence-corrected chi connectivity index (χ3v) is 6.49. The molecule has 1 saturated heterocycles. The number of hydrogen-bond donors (Lipinski definition) is 1. The van der Waals surface area contributed by atoms with Crippen molar-refractivity contribution in [2.45, 2.75) is 25.4 Å². The lowest BCUT2D eigenvalue weighted by Crippen LogP contribution is -2.25. The first-order valence-electron chi connectivity index (χ1n) is 10.3. The van der Waals surface area contributed by atoms with Gasteiger partial charge in [-0.05, 0) is 55.0 Å². The number of rotatable bonds is 5. The van der Waals surface area contributed by atoms with Crippen LogP contribution in [0.3, 0.4) is 0 Å². The fourth-order valence-electron chi connectivity index (χ4n) is 4.81. The second kappa shape index (κ2) is 8.28. The Balaban J connectivity index is 1.17. The zero-order valence-electron chi connectivity index (χ0n) is 16.5. The zero-order chi connectivity index (χ0) is 20.5. The van der Waals surface area contributed by atoms with Crippen LogP contribution in [0.25, 0.3) is 11.1 Å². The Labute approximate surface area is 180 Å². The summed E-state index contributed by atoms with van der Waals surface area (Å²) in [4.78, 5) is 15.8. The standard InChI is InChI=1S/C23H23ClFN5/c24-22-5-4-18(25)9-21(22)17-10-27-23(28-11-17)29-20-7-15-12-30(13-16(15)8-20)14-19-3-1-2-6-26-19/h1-6,9-11,15-16,20H,7-8,12-14H2,(H,27,28,29)/t15-,16+,20+. The van der Waals surface area contributed by atoms with Gasteiger partial charge in [0, 0.05) is 60.4 Å². The van der Waals surface area contributed by atoms with Crippen LogP contribution in [0.15, 0.2) is 55.0 Å². The molecule has 0 unspecified atom stereocenters. The lowest BCUT2D eigenvalue weighted by Gasteiger charge is -2.19. The minimum absolute atomic E-state index is 0.328. The van der Waals surface area contributed by atoms with Crippen molar-refractivity contribution in [3.8, 4) is 11.1 Å². The highest BCUT2D eigenvalue weighted by molar-refractivity contribution is 6.33. The summed E-state index contributed by atoms with van der Waals surface area (Å²) in [6.45, 7) is 3.17. The van der Waals surface area contributed by atoms with Gasteiger partial charge in [0.1, 0.15) is 5.82 Å². The molecule has 2 fully saturated rings. The van der Waals surface area contributed by atoms with Gasteiger partial charge in [0.15, 0.2) is 0 Å². The predicted octanol–water partition coefficient (Wildman–Crippen LogP) is 4.65. The van der Waals surface area contributed by atoms with Crippen molar-refractivity contribution < 1.29 is 4.39 Å². The lowest BCUT2D eigenvalue weighted by atomic mass is 10.0. The number of nitrogens with one attached hydrogen (secondary N) is 1.